The number of methoxy groups -OCH3 is 1. The van der Waals surface area contributed by atoms with Crippen molar-refractivity contribution in [2.24, 2.45) is 5.73 Å². The maximum absolute atomic E-state index is 10.9. The molecule has 0 aromatic heterocycles. The van der Waals surface area contributed by atoms with Gasteiger partial charge in [0.15, 0.2) is 0 Å². The highest BCUT2D eigenvalue weighted by molar-refractivity contribution is 5.92. The van der Waals surface area contributed by atoms with Gasteiger partial charge in [-0.05, 0) is 24.7 Å². The van der Waals surface area contributed by atoms with Gasteiger partial charge in [-0.3, -0.25) is 9.69 Å². The van der Waals surface area contributed by atoms with E-state index in [1.165, 1.54) is 0 Å². The molecule has 1 rings (SSSR count). The van der Waals surface area contributed by atoms with E-state index < -0.39 is 0 Å². The summed E-state index contributed by atoms with van der Waals surface area (Å²) in [5.74, 6) is -0.390. The molecule has 1 amide bonds. The summed E-state index contributed by atoms with van der Waals surface area (Å²) in [4.78, 5) is 13.0. The van der Waals surface area contributed by atoms with Crippen molar-refractivity contribution < 1.29 is 9.53 Å². The monoisotopic (exact) mass is 222 g/mol. The van der Waals surface area contributed by atoms with Gasteiger partial charge in [-0.15, -0.1) is 0 Å². The van der Waals surface area contributed by atoms with Gasteiger partial charge in [0.1, 0.15) is 0 Å². The predicted octanol–water partition coefficient (Wildman–Crippen LogP) is 0.864. The summed E-state index contributed by atoms with van der Waals surface area (Å²) in [5.41, 5.74) is 6.87. The van der Waals surface area contributed by atoms with Crippen LogP contribution in [-0.2, 0) is 11.3 Å². The second kappa shape index (κ2) is 6.25. The highest BCUT2D eigenvalue weighted by Gasteiger charge is 2.02. The molecule has 0 heterocycles. The standard InChI is InChI=1S/C12H18N2O2/c1-14(7-8-16-2)9-10-3-5-11(6-4-10)12(13)15/h3-6H,7-9H2,1-2H3,(H2,13,15). The average molecular weight is 222 g/mol. The van der Waals surface area contributed by atoms with Gasteiger partial charge >= 0.3 is 0 Å². The Balaban J connectivity index is 2.51. The SMILES string of the molecule is COCCN(C)Cc1ccc(C(N)=O)cc1. The molecule has 4 heteroatoms. The first-order valence-corrected chi connectivity index (χ1v) is 5.19. The van der Waals surface area contributed by atoms with Crippen molar-refractivity contribution in [3.8, 4) is 0 Å². The van der Waals surface area contributed by atoms with E-state index in [-0.39, 0.29) is 5.91 Å². The lowest BCUT2D eigenvalue weighted by Crippen LogP contribution is -2.22. The van der Waals surface area contributed by atoms with E-state index in [9.17, 15) is 4.79 Å². The Hall–Kier alpha value is -1.39. The van der Waals surface area contributed by atoms with Gasteiger partial charge in [0, 0.05) is 25.8 Å². The van der Waals surface area contributed by atoms with Crippen molar-refractivity contribution >= 4 is 5.91 Å². The zero-order valence-corrected chi connectivity index (χ0v) is 9.77. The van der Waals surface area contributed by atoms with Crippen LogP contribution in [0.4, 0.5) is 0 Å². The molecule has 0 aliphatic carbocycles. The number of amides is 1. The average Bonchev–Trinajstić information content (AvgIpc) is 2.27. The second-order valence-corrected chi connectivity index (χ2v) is 3.79. The lowest BCUT2D eigenvalue weighted by atomic mass is 10.1. The minimum absolute atomic E-state index is 0.390. The number of nitrogens with two attached hydrogens (primary N) is 1. The van der Waals surface area contributed by atoms with E-state index in [1.54, 1.807) is 19.2 Å². The van der Waals surface area contributed by atoms with Crippen molar-refractivity contribution in [1.82, 2.24) is 4.90 Å². The minimum atomic E-state index is -0.390. The molecule has 0 unspecified atom stereocenters. The summed E-state index contributed by atoms with van der Waals surface area (Å²) in [6.07, 6.45) is 0. The molecule has 0 aliphatic heterocycles. The molecule has 4 nitrogen and oxygen atoms in total. The Morgan fingerprint density at radius 2 is 2.00 bits per heavy atom. The van der Waals surface area contributed by atoms with E-state index in [2.05, 4.69) is 4.90 Å². The Morgan fingerprint density at radius 1 is 1.38 bits per heavy atom. The number of ether oxygens (including phenoxy) is 1. The molecule has 0 bridgehead atoms. The molecule has 1 aromatic rings. The molecule has 0 spiro atoms. The van der Waals surface area contributed by atoms with Crippen LogP contribution in [0.1, 0.15) is 15.9 Å². The third-order valence-corrected chi connectivity index (χ3v) is 2.37. The number of hydrogen-bond donors (Lipinski definition) is 1. The van der Waals surface area contributed by atoms with Gasteiger partial charge in [-0.25, -0.2) is 0 Å². The molecule has 0 radical (unpaired) electrons. The van der Waals surface area contributed by atoms with Gasteiger partial charge in [0.05, 0.1) is 6.61 Å². The number of carbonyl (C=O) groups excluding carboxylic acids is 1. The molecular weight excluding hydrogens is 204 g/mol. The molecule has 0 atom stereocenters. The third-order valence-electron chi connectivity index (χ3n) is 2.37. The Kier molecular flexibility index (Phi) is 4.95. The highest BCUT2D eigenvalue weighted by Crippen LogP contribution is 2.06. The van der Waals surface area contributed by atoms with Gasteiger partial charge in [-0.2, -0.15) is 0 Å². The smallest absolute Gasteiger partial charge is 0.248 e. The van der Waals surface area contributed by atoms with Crippen LogP contribution in [0.3, 0.4) is 0 Å². The number of nitrogens with zero attached hydrogens (tertiary/aromatic N) is 1. The van der Waals surface area contributed by atoms with E-state index in [1.807, 2.05) is 19.2 Å². The van der Waals surface area contributed by atoms with E-state index in [0.717, 1.165) is 25.3 Å². The number of primary amides is 1. The maximum atomic E-state index is 10.9. The molecule has 16 heavy (non-hydrogen) atoms. The topological polar surface area (TPSA) is 55.6 Å². The third kappa shape index (κ3) is 4.00. The summed E-state index contributed by atoms with van der Waals surface area (Å²) in [6, 6.07) is 7.34. The molecule has 1 aromatic carbocycles. The Morgan fingerprint density at radius 3 is 2.50 bits per heavy atom. The number of benzene rings is 1. The summed E-state index contributed by atoms with van der Waals surface area (Å²) in [7, 11) is 3.72. The van der Waals surface area contributed by atoms with Crippen LogP contribution < -0.4 is 5.73 Å². The first-order chi connectivity index (χ1) is 7.63. The first-order valence-electron chi connectivity index (χ1n) is 5.19. The van der Waals surface area contributed by atoms with Gasteiger partial charge < -0.3 is 10.5 Å². The lowest BCUT2D eigenvalue weighted by molar-refractivity contribution is 0.100. The van der Waals surface area contributed by atoms with Crippen LogP contribution in [-0.4, -0.2) is 38.1 Å². The normalized spacial score (nSPS) is 10.7. The fraction of sp³-hybridized carbons (Fsp3) is 0.417. The summed E-state index contributed by atoms with van der Waals surface area (Å²) >= 11 is 0. The van der Waals surface area contributed by atoms with Gasteiger partial charge in [0.25, 0.3) is 0 Å². The van der Waals surface area contributed by atoms with Crippen LogP contribution in [0.2, 0.25) is 0 Å². The van der Waals surface area contributed by atoms with Crippen LogP contribution in [0, 0.1) is 0 Å². The number of likely N-dealkylation sites (N-methyl/N-ethyl adjacent to an activating group) is 1. The first kappa shape index (κ1) is 12.7. The number of hydrogen-bond acceptors (Lipinski definition) is 3. The zero-order chi connectivity index (χ0) is 12.0. The predicted molar refractivity (Wildman–Crippen MR) is 63.2 cm³/mol. The Bertz CT molecular complexity index is 335. The molecule has 0 aliphatic rings. The summed E-state index contributed by atoms with van der Waals surface area (Å²) in [6.45, 7) is 2.44. The molecule has 0 fully saturated rings. The molecular formula is C12H18N2O2. The van der Waals surface area contributed by atoms with Crippen molar-refractivity contribution in [3.05, 3.63) is 35.4 Å². The van der Waals surface area contributed by atoms with Crippen LogP contribution in [0.15, 0.2) is 24.3 Å². The fourth-order valence-electron chi connectivity index (χ4n) is 1.41. The molecule has 0 saturated carbocycles. The zero-order valence-electron chi connectivity index (χ0n) is 9.77. The van der Waals surface area contributed by atoms with Crippen LogP contribution in [0.5, 0.6) is 0 Å². The molecule has 0 saturated heterocycles. The maximum Gasteiger partial charge on any atom is 0.248 e. The van der Waals surface area contributed by atoms with Crippen molar-refractivity contribution in [2.75, 3.05) is 27.3 Å². The van der Waals surface area contributed by atoms with E-state index >= 15 is 0 Å². The quantitative estimate of drug-likeness (QED) is 0.776. The Labute approximate surface area is 96.0 Å². The van der Waals surface area contributed by atoms with Crippen molar-refractivity contribution in [1.29, 1.82) is 0 Å². The number of carbonyl (C=O) groups is 1. The highest BCUT2D eigenvalue weighted by atomic mass is 16.5. The van der Waals surface area contributed by atoms with E-state index in [4.69, 9.17) is 10.5 Å². The van der Waals surface area contributed by atoms with Gasteiger partial charge in [-0.1, -0.05) is 12.1 Å². The minimum Gasteiger partial charge on any atom is -0.383 e. The molecule has 88 valence electrons. The van der Waals surface area contributed by atoms with Crippen LogP contribution in [0.25, 0.3) is 0 Å². The lowest BCUT2D eigenvalue weighted by Gasteiger charge is -2.15. The van der Waals surface area contributed by atoms with Gasteiger partial charge in [0.2, 0.25) is 5.91 Å². The van der Waals surface area contributed by atoms with Crippen LogP contribution >= 0.6 is 0 Å². The summed E-state index contributed by atoms with van der Waals surface area (Å²) < 4.78 is 5.00. The van der Waals surface area contributed by atoms with E-state index in [0.29, 0.717) is 5.56 Å². The van der Waals surface area contributed by atoms with Crippen molar-refractivity contribution in [2.45, 2.75) is 6.54 Å². The fourth-order valence-corrected chi connectivity index (χ4v) is 1.41. The largest absolute Gasteiger partial charge is 0.383 e. The molecule has 2 N–H and O–H groups in total. The van der Waals surface area contributed by atoms with Crippen molar-refractivity contribution in [3.63, 3.8) is 0 Å². The second-order valence-electron chi connectivity index (χ2n) is 3.79. The summed E-state index contributed by atoms with van der Waals surface area (Å²) in [5, 5.41) is 0. The number of rotatable bonds is 6.